The molecule has 2 aromatic carbocycles. The average Bonchev–Trinajstić information content (AvgIpc) is 3.14. The number of hydrogen-bond donors (Lipinski definition) is 0. The average molecular weight is 502 g/mol. The number of nitrogens with zero attached hydrogens (tertiary/aromatic N) is 1. The van der Waals surface area contributed by atoms with Crippen LogP contribution in [0.4, 0.5) is 0 Å². The number of Topliss-reactive ketones (excluding diaryl/α,β-unsaturated/α-hetero) is 1. The summed E-state index contributed by atoms with van der Waals surface area (Å²) in [5, 5.41) is -0.505. The van der Waals surface area contributed by atoms with E-state index in [1.54, 1.807) is 24.3 Å². The van der Waals surface area contributed by atoms with E-state index < -0.39 is 15.1 Å². The fraction of sp³-hybridized carbons (Fsp3) is 0.464. The molecule has 35 heavy (non-hydrogen) atoms. The summed E-state index contributed by atoms with van der Waals surface area (Å²) in [5.74, 6) is 0.179. The number of carbonyl (C=O) groups is 1. The first-order valence-electron chi connectivity index (χ1n) is 12.2. The Kier molecular flexibility index (Phi) is 11.8. The number of carbonyl (C=O) groups excluding carboxylic acids is 1. The van der Waals surface area contributed by atoms with Gasteiger partial charge in [-0.25, -0.2) is 8.42 Å². The number of ether oxygens (including phenoxy) is 2. The van der Waals surface area contributed by atoms with E-state index in [9.17, 15) is 13.2 Å². The van der Waals surface area contributed by atoms with E-state index in [1.807, 2.05) is 57.2 Å². The van der Waals surface area contributed by atoms with E-state index in [0.29, 0.717) is 30.7 Å². The topological polar surface area (TPSA) is 72.9 Å². The quantitative estimate of drug-likeness (QED) is 0.373. The lowest BCUT2D eigenvalue weighted by Gasteiger charge is -2.34. The van der Waals surface area contributed by atoms with Crippen LogP contribution in [-0.4, -0.2) is 55.9 Å². The number of rotatable bonds is 8. The van der Waals surface area contributed by atoms with Crippen molar-refractivity contribution in [1.82, 2.24) is 4.90 Å². The van der Waals surface area contributed by atoms with E-state index in [2.05, 4.69) is 18.1 Å². The van der Waals surface area contributed by atoms with Gasteiger partial charge in [-0.1, -0.05) is 48.5 Å². The van der Waals surface area contributed by atoms with Crippen LogP contribution in [-0.2, 0) is 30.7 Å². The molecule has 3 atom stereocenters. The van der Waals surface area contributed by atoms with Gasteiger partial charge in [-0.3, -0.25) is 9.69 Å². The molecule has 0 saturated carbocycles. The van der Waals surface area contributed by atoms with Crippen molar-refractivity contribution in [3.05, 3.63) is 79.4 Å². The van der Waals surface area contributed by atoms with Gasteiger partial charge in [0, 0.05) is 32.2 Å². The first kappa shape index (κ1) is 28.9. The summed E-state index contributed by atoms with van der Waals surface area (Å²) in [6, 6.07) is 18.2. The van der Waals surface area contributed by atoms with Crippen molar-refractivity contribution in [1.29, 1.82) is 0 Å². The molecule has 2 bridgehead atoms. The van der Waals surface area contributed by atoms with Gasteiger partial charge in [0.15, 0.2) is 16.1 Å². The number of ketones is 1. The number of piperidine rings is 1. The largest absolute Gasteiger partial charge is 0.353 e. The molecule has 2 heterocycles. The summed E-state index contributed by atoms with van der Waals surface area (Å²) in [6.45, 7) is 13.9. The third kappa shape index (κ3) is 7.58. The maximum absolute atomic E-state index is 13.1. The SMILES string of the molecule is C=C.CCOC(C)OCC.O=C1CCC2C(S(=O)(=O)c3ccccc3)CC1N2Cc1ccccc1. The zero-order valence-corrected chi connectivity index (χ0v) is 22.0. The van der Waals surface area contributed by atoms with E-state index in [0.717, 1.165) is 18.8 Å². The minimum Gasteiger partial charge on any atom is -0.353 e. The molecule has 4 rings (SSSR count). The molecule has 2 fully saturated rings. The highest BCUT2D eigenvalue weighted by Gasteiger charge is 2.52. The number of benzene rings is 2. The van der Waals surface area contributed by atoms with Gasteiger partial charge in [-0.15, -0.1) is 13.2 Å². The van der Waals surface area contributed by atoms with Crippen molar-refractivity contribution in [2.75, 3.05) is 13.2 Å². The number of sulfone groups is 1. The Bertz CT molecular complexity index is 991. The van der Waals surface area contributed by atoms with Gasteiger partial charge < -0.3 is 9.47 Å². The molecule has 3 unspecified atom stereocenters. The van der Waals surface area contributed by atoms with Crippen LogP contribution in [0.1, 0.15) is 45.6 Å². The summed E-state index contributed by atoms with van der Waals surface area (Å²) in [7, 11) is -3.44. The fourth-order valence-corrected chi connectivity index (χ4v) is 6.77. The molecule has 2 aliphatic heterocycles. The monoisotopic (exact) mass is 501 g/mol. The second-order valence-electron chi connectivity index (χ2n) is 8.36. The molecular weight excluding hydrogens is 462 g/mol. The molecule has 0 N–H and O–H groups in total. The maximum Gasteiger partial charge on any atom is 0.182 e. The molecule has 6 nitrogen and oxygen atoms in total. The third-order valence-corrected chi connectivity index (χ3v) is 8.48. The predicted molar refractivity (Wildman–Crippen MR) is 140 cm³/mol. The van der Waals surface area contributed by atoms with Gasteiger partial charge in [0.2, 0.25) is 0 Å². The highest BCUT2D eigenvalue weighted by atomic mass is 32.2. The minimum atomic E-state index is -3.44. The summed E-state index contributed by atoms with van der Waals surface area (Å²) in [6.07, 6.45) is 1.48. The Hall–Kier alpha value is -2.32. The van der Waals surface area contributed by atoms with Crippen molar-refractivity contribution in [2.24, 2.45) is 0 Å². The lowest BCUT2D eigenvalue weighted by atomic mass is 10.0. The molecule has 0 aliphatic carbocycles. The Labute approximate surface area is 210 Å². The molecule has 0 amide bonds. The predicted octanol–water partition coefficient (Wildman–Crippen LogP) is 5.04. The first-order valence-corrected chi connectivity index (χ1v) is 13.8. The Morgan fingerprint density at radius 3 is 2.06 bits per heavy atom. The second-order valence-corrected chi connectivity index (χ2v) is 10.5. The Morgan fingerprint density at radius 2 is 1.51 bits per heavy atom. The van der Waals surface area contributed by atoms with Crippen LogP contribution in [0.25, 0.3) is 0 Å². The van der Waals surface area contributed by atoms with Crippen molar-refractivity contribution >= 4 is 15.6 Å². The van der Waals surface area contributed by atoms with Crippen molar-refractivity contribution in [3.63, 3.8) is 0 Å². The maximum atomic E-state index is 13.1. The van der Waals surface area contributed by atoms with Crippen LogP contribution < -0.4 is 0 Å². The van der Waals surface area contributed by atoms with Crippen LogP contribution in [0.3, 0.4) is 0 Å². The molecule has 2 aliphatic rings. The molecule has 0 radical (unpaired) electrons. The van der Waals surface area contributed by atoms with Gasteiger partial charge in [0.05, 0.1) is 16.2 Å². The van der Waals surface area contributed by atoms with Crippen molar-refractivity contribution in [3.8, 4) is 0 Å². The summed E-state index contributed by atoms with van der Waals surface area (Å²) < 4.78 is 36.4. The molecule has 192 valence electrons. The lowest BCUT2D eigenvalue weighted by Crippen LogP contribution is -2.46. The van der Waals surface area contributed by atoms with Crippen LogP contribution in [0.2, 0.25) is 0 Å². The zero-order chi connectivity index (χ0) is 25.8. The normalized spacial score (nSPS) is 21.6. The van der Waals surface area contributed by atoms with Crippen LogP contribution in [0.5, 0.6) is 0 Å². The van der Waals surface area contributed by atoms with Crippen molar-refractivity contribution < 1.29 is 22.7 Å². The van der Waals surface area contributed by atoms with Gasteiger partial charge in [0.1, 0.15) is 5.78 Å². The van der Waals surface area contributed by atoms with Crippen molar-refractivity contribution in [2.45, 2.75) is 75.1 Å². The number of fused-ring (bicyclic) bond motifs is 2. The van der Waals surface area contributed by atoms with Crippen LogP contribution in [0.15, 0.2) is 78.7 Å². The van der Waals surface area contributed by atoms with Crippen LogP contribution in [0, 0.1) is 0 Å². The fourth-order valence-electron chi connectivity index (χ4n) is 4.74. The van der Waals surface area contributed by atoms with Gasteiger partial charge >= 0.3 is 0 Å². The van der Waals surface area contributed by atoms with E-state index in [4.69, 9.17) is 9.47 Å². The summed E-state index contributed by atoms with van der Waals surface area (Å²) >= 11 is 0. The molecular formula is C28H39NO5S. The van der Waals surface area contributed by atoms with E-state index in [1.165, 1.54) is 0 Å². The van der Waals surface area contributed by atoms with Crippen LogP contribution >= 0.6 is 0 Å². The second kappa shape index (κ2) is 14.3. The zero-order valence-electron chi connectivity index (χ0n) is 21.1. The highest BCUT2D eigenvalue weighted by molar-refractivity contribution is 7.92. The third-order valence-electron chi connectivity index (χ3n) is 6.25. The minimum absolute atomic E-state index is 0.0370. The Morgan fingerprint density at radius 1 is 0.971 bits per heavy atom. The van der Waals surface area contributed by atoms with E-state index in [-0.39, 0.29) is 24.2 Å². The smallest absolute Gasteiger partial charge is 0.182 e. The van der Waals surface area contributed by atoms with Gasteiger partial charge in [-0.05, 0) is 51.3 Å². The molecule has 2 aromatic rings. The summed E-state index contributed by atoms with van der Waals surface area (Å²) in [5.41, 5.74) is 1.12. The molecule has 2 saturated heterocycles. The molecule has 7 heteroatoms. The standard InChI is InChI=1S/C20H21NO3S.C6H14O2.C2H4/c22-19-12-11-17-20(25(23,24)16-9-5-2-6-10-16)13-18(19)21(17)14-15-7-3-1-4-8-15;1-4-7-6(3)8-5-2;1-2/h1-10,17-18,20H,11-14H2;6H,4-5H2,1-3H3;1-2H2. The molecule has 0 spiro atoms. The number of hydrogen-bond acceptors (Lipinski definition) is 6. The summed E-state index contributed by atoms with van der Waals surface area (Å²) in [4.78, 5) is 14.9. The molecule has 0 aromatic heterocycles. The van der Waals surface area contributed by atoms with E-state index >= 15 is 0 Å². The lowest BCUT2D eigenvalue weighted by molar-refractivity contribution is -0.126. The van der Waals surface area contributed by atoms with Gasteiger partial charge in [-0.2, -0.15) is 0 Å². The Balaban J connectivity index is 0.000000371. The first-order chi connectivity index (χ1) is 16.9. The van der Waals surface area contributed by atoms with Gasteiger partial charge in [0.25, 0.3) is 0 Å². The highest BCUT2D eigenvalue weighted by Crippen LogP contribution is 2.40.